The monoisotopic (exact) mass is 326 g/mol. The van der Waals surface area contributed by atoms with Crippen molar-refractivity contribution >= 4 is 21.8 Å². The standard InChI is InChI=1S/C14H19BrN2O2/c1-9-7-17(8-10(2)16(9)3)14(19)12-6-11(15)4-5-13(12)18/h4-6,9-10,18H,7-8H2,1-3H3. The number of phenolic OH excluding ortho intramolecular Hbond substituents is 1. The number of benzene rings is 1. The molecule has 1 aliphatic heterocycles. The Kier molecular flexibility index (Phi) is 4.16. The number of halogens is 1. The van der Waals surface area contributed by atoms with Gasteiger partial charge in [-0.15, -0.1) is 0 Å². The summed E-state index contributed by atoms with van der Waals surface area (Å²) in [6, 6.07) is 5.58. The molecule has 0 radical (unpaired) electrons. The Morgan fingerprint density at radius 1 is 1.32 bits per heavy atom. The second-order valence-electron chi connectivity index (χ2n) is 5.24. The Labute approximate surface area is 122 Å². The first kappa shape index (κ1) is 14.3. The second-order valence-corrected chi connectivity index (χ2v) is 6.15. The van der Waals surface area contributed by atoms with Gasteiger partial charge in [0.1, 0.15) is 5.75 Å². The van der Waals surface area contributed by atoms with E-state index in [4.69, 9.17) is 0 Å². The maximum Gasteiger partial charge on any atom is 0.257 e. The number of carbonyl (C=O) groups is 1. The zero-order valence-corrected chi connectivity index (χ0v) is 13.0. The fourth-order valence-corrected chi connectivity index (χ4v) is 2.78. The van der Waals surface area contributed by atoms with Gasteiger partial charge in [0.2, 0.25) is 0 Å². The molecule has 1 amide bonds. The lowest BCUT2D eigenvalue weighted by atomic mass is 10.1. The molecular weight excluding hydrogens is 308 g/mol. The molecule has 0 aromatic heterocycles. The quantitative estimate of drug-likeness (QED) is 0.861. The van der Waals surface area contributed by atoms with Crippen LogP contribution in [0.15, 0.2) is 22.7 Å². The van der Waals surface area contributed by atoms with Gasteiger partial charge in [-0.2, -0.15) is 0 Å². The Morgan fingerprint density at radius 3 is 2.47 bits per heavy atom. The number of carbonyl (C=O) groups excluding carboxylic acids is 1. The number of aromatic hydroxyl groups is 1. The number of hydrogen-bond donors (Lipinski definition) is 1. The summed E-state index contributed by atoms with van der Waals surface area (Å²) < 4.78 is 0.795. The lowest BCUT2D eigenvalue weighted by molar-refractivity contribution is 0.0412. The third-order valence-electron chi connectivity index (χ3n) is 3.84. The SMILES string of the molecule is CC1CN(C(=O)c2cc(Br)ccc2O)CC(C)N1C. The molecule has 0 bridgehead atoms. The highest BCUT2D eigenvalue weighted by Crippen LogP contribution is 2.25. The van der Waals surface area contributed by atoms with Crippen molar-refractivity contribution in [2.24, 2.45) is 0 Å². The van der Waals surface area contributed by atoms with Crippen LogP contribution in [0.4, 0.5) is 0 Å². The summed E-state index contributed by atoms with van der Waals surface area (Å²) in [7, 11) is 2.08. The molecule has 1 aromatic carbocycles. The maximum absolute atomic E-state index is 12.5. The van der Waals surface area contributed by atoms with Crippen LogP contribution in [0.2, 0.25) is 0 Å². The first-order valence-corrected chi connectivity index (χ1v) is 7.19. The largest absolute Gasteiger partial charge is 0.507 e. The van der Waals surface area contributed by atoms with Crippen LogP contribution in [-0.4, -0.2) is 53.0 Å². The molecule has 2 atom stereocenters. The molecule has 2 unspecified atom stereocenters. The molecule has 0 saturated carbocycles. The zero-order chi connectivity index (χ0) is 14.2. The van der Waals surface area contributed by atoms with Gasteiger partial charge in [0.05, 0.1) is 5.56 Å². The average Bonchev–Trinajstić information content (AvgIpc) is 2.37. The van der Waals surface area contributed by atoms with E-state index in [9.17, 15) is 9.90 Å². The third kappa shape index (κ3) is 2.92. The van der Waals surface area contributed by atoms with Crippen molar-refractivity contribution < 1.29 is 9.90 Å². The zero-order valence-electron chi connectivity index (χ0n) is 11.4. The molecule has 5 heteroatoms. The Morgan fingerprint density at radius 2 is 1.89 bits per heavy atom. The lowest BCUT2D eigenvalue weighted by Gasteiger charge is -2.42. The molecule has 4 nitrogen and oxygen atoms in total. The molecule has 104 valence electrons. The normalized spacial score (nSPS) is 24.5. The van der Waals surface area contributed by atoms with E-state index in [1.165, 1.54) is 0 Å². The van der Waals surface area contributed by atoms with E-state index in [1.807, 2.05) is 4.90 Å². The van der Waals surface area contributed by atoms with Crippen LogP contribution in [-0.2, 0) is 0 Å². The maximum atomic E-state index is 12.5. The molecular formula is C14H19BrN2O2. The van der Waals surface area contributed by atoms with Gasteiger partial charge in [0.25, 0.3) is 5.91 Å². The van der Waals surface area contributed by atoms with Crippen LogP contribution in [0, 0.1) is 0 Å². The van der Waals surface area contributed by atoms with E-state index in [1.54, 1.807) is 18.2 Å². The van der Waals surface area contributed by atoms with Crippen LogP contribution in [0.5, 0.6) is 5.75 Å². The number of amides is 1. The predicted octanol–water partition coefficient (Wildman–Crippen LogP) is 2.32. The van der Waals surface area contributed by atoms with Crippen LogP contribution in [0.25, 0.3) is 0 Å². The smallest absolute Gasteiger partial charge is 0.257 e. The minimum atomic E-state index is -0.106. The highest BCUT2D eigenvalue weighted by Gasteiger charge is 2.30. The third-order valence-corrected chi connectivity index (χ3v) is 4.33. The van der Waals surface area contributed by atoms with Gasteiger partial charge in [-0.05, 0) is 39.1 Å². The summed E-state index contributed by atoms with van der Waals surface area (Å²) in [6.45, 7) is 5.59. The molecule has 19 heavy (non-hydrogen) atoms. The number of rotatable bonds is 1. The van der Waals surface area contributed by atoms with Crippen molar-refractivity contribution in [3.63, 3.8) is 0 Å². The minimum absolute atomic E-state index is 0.0347. The van der Waals surface area contributed by atoms with Crippen molar-refractivity contribution in [1.29, 1.82) is 0 Å². The van der Waals surface area contributed by atoms with Crippen molar-refractivity contribution in [3.8, 4) is 5.75 Å². The fourth-order valence-electron chi connectivity index (χ4n) is 2.42. The van der Waals surface area contributed by atoms with E-state index < -0.39 is 0 Å². The Bertz CT molecular complexity index is 480. The average molecular weight is 327 g/mol. The minimum Gasteiger partial charge on any atom is -0.507 e. The summed E-state index contributed by atoms with van der Waals surface area (Å²) in [6.07, 6.45) is 0. The highest BCUT2D eigenvalue weighted by atomic mass is 79.9. The number of nitrogens with zero attached hydrogens (tertiary/aromatic N) is 2. The number of hydrogen-bond acceptors (Lipinski definition) is 3. The van der Waals surface area contributed by atoms with Gasteiger partial charge in [-0.3, -0.25) is 9.69 Å². The van der Waals surface area contributed by atoms with Gasteiger partial charge < -0.3 is 10.0 Å². The predicted molar refractivity (Wildman–Crippen MR) is 78.4 cm³/mol. The van der Waals surface area contributed by atoms with Crippen molar-refractivity contribution in [2.75, 3.05) is 20.1 Å². The van der Waals surface area contributed by atoms with E-state index in [0.717, 1.165) is 4.47 Å². The van der Waals surface area contributed by atoms with Gasteiger partial charge in [0.15, 0.2) is 0 Å². The topological polar surface area (TPSA) is 43.8 Å². The summed E-state index contributed by atoms with van der Waals surface area (Å²) in [5.74, 6) is -0.0713. The number of likely N-dealkylation sites (N-methyl/N-ethyl adjacent to an activating group) is 1. The summed E-state index contributed by atoms with van der Waals surface area (Å²) in [5, 5.41) is 9.84. The molecule has 1 aliphatic rings. The lowest BCUT2D eigenvalue weighted by Crippen LogP contribution is -2.56. The van der Waals surface area contributed by atoms with Crippen LogP contribution >= 0.6 is 15.9 Å². The number of phenols is 1. The molecule has 1 saturated heterocycles. The van der Waals surface area contributed by atoms with Gasteiger partial charge in [0, 0.05) is 29.6 Å². The molecule has 0 spiro atoms. The highest BCUT2D eigenvalue weighted by molar-refractivity contribution is 9.10. The first-order valence-electron chi connectivity index (χ1n) is 6.40. The molecule has 1 aromatic rings. The Balaban J connectivity index is 2.22. The van der Waals surface area contributed by atoms with E-state index in [0.29, 0.717) is 30.7 Å². The summed E-state index contributed by atoms with van der Waals surface area (Å²) in [4.78, 5) is 16.6. The van der Waals surface area contributed by atoms with Crippen LogP contribution in [0.1, 0.15) is 24.2 Å². The molecule has 2 rings (SSSR count). The second kappa shape index (κ2) is 5.51. The summed E-state index contributed by atoms with van der Waals surface area (Å²) >= 11 is 3.33. The van der Waals surface area contributed by atoms with Gasteiger partial charge in [-0.25, -0.2) is 0 Å². The van der Waals surface area contributed by atoms with Crippen molar-refractivity contribution in [1.82, 2.24) is 9.80 Å². The van der Waals surface area contributed by atoms with Crippen molar-refractivity contribution in [2.45, 2.75) is 25.9 Å². The number of piperazine rings is 1. The van der Waals surface area contributed by atoms with E-state index in [-0.39, 0.29) is 11.7 Å². The van der Waals surface area contributed by atoms with Crippen LogP contribution < -0.4 is 0 Å². The summed E-state index contributed by atoms with van der Waals surface area (Å²) in [5.41, 5.74) is 0.360. The first-order chi connectivity index (χ1) is 8.90. The molecule has 0 aliphatic carbocycles. The molecule has 1 fully saturated rings. The van der Waals surface area contributed by atoms with Gasteiger partial charge in [-0.1, -0.05) is 15.9 Å². The van der Waals surface area contributed by atoms with E-state index >= 15 is 0 Å². The van der Waals surface area contributed by atoms with E-state index in [2.05, 4.69) is 41.7 Å². The molecule has 1 heterocycles. The molecule has 1 N–H and O–H groups in total. The Hall–Kier alpha value is -1.07. The fraction of sp³-hybridized carbons (Fsp3) is 0.500. The van der Waals surface area contributed by atoms with Crippen molar-refractivity contribution in [3.05, 3.63) is 28.2 Å². The van der Waals surface area contributed by atoms with Crippen LogP contribution in [0.3, 0.4) is 0 Å². The van der Waals surface area contributed by atoms with Gasteiger partial charge >= 0.3 is 0 Å².